The standard InChI is InChI=1S/C14H6O/c1-7-13(8-2,9-3)15-14(10-4,11-5)12-6/h1-6H. The van der Waals surface area contributed by atoms with E-state index in [1.807, 2.05) is 0 Å². The molecule has 0 heterocycles. The van der Waals surface area contributed by atoms with Gasteiger partial charge in [0.1, 0.15) is 0 Å². The Kier molecular flexibility index (Phi) is 3.72. The van der Waals surface area contributed by atoms with Crippen LogP contribution in [0.4, 0.5) is 0 Å². The Morgan fingerprint density at radius 1 is 0.533 bits per heavy atom. The lowest BCUT2D eigenvalue weighted by atomic mass is 10.0. The molecule has 0 saturated heterocycles. The molecule has 0 amide bonds. The van der Waals surface area contributed by atoms with Crippen LogP contribution in [0.25, 0.3) is 0 Å². The SMILES string of the molecule is C#CC(C#C)(C#C)OC(C#C)(C#C)C#C. The molecule has 0 atom stereocenters. The van der Waals surface area contributed by atoms with E-state index in [4.69, 9.17) is 43.3 Å². The largest absolute Gasteiger partial charge is 0.299 e. The van der Waals surface area contributed by atoms with Crippen molar-refractivity contribution in [1.82, 2.24) is 0 Å². The van der Waals surface area contributed by atoms with Crippen molar-refractivity contribution in [2.75, 3.05) is 0 Å². The summed E-state index contributed by atoms with van der Waals surface area (Å²) in [6.07, 6.45) is 30.8. The normalized spacial score (nSPS) is 9.20. The quantitative estimate of drug-likeness (QED) is 0.568. The molecule has 0 fully saturated rings. The third-order valence-corrected chi connectivity index (χ3v) is 1.53. The number of terminal acetylenes is 6. The van der Waals surface area contributed by atoms with Crippen molar-refractivity contribution in [2.24, 2.45) is 0 Å². The van der Waals surface area contributed by atoms with Crippen molar-refractivity contribution in [3.63, 3.8) is 0 Å². The highest BCUT2D eigenvalue weighted by Gasteiger charge is 2.35. The van der Waals surface area contributed by atoms with Crippen LogP contribution < -0.4 is 0 Å². The molecule has 0 unspecified atom stereocenters. The van der Waals surface area contributed by atoms with Gasteiger partial charge in [0.25, 0.3) is 11.2 Å². The average Bonchev–Trinajstić information content (AvgIpc) is 2.33. The van der Waals surface area contributed by atoms with Crippen LogP contribution in [0.5, 0.6) is 0 Å². The number of hydrogen-bond donors (Lipinski definition) is 0. The number of rotatable bonds is 2. The lowest BCUT2D eigenvalue weighted by Crippen LogP contribution is -2.39. The first-order valence-electron chi connectivity index (χ1n) is 3.64. The molecule has 0 aliphatic rings. The maximum Gasteiger partial charge on any atom is 0.256 e. The van der Waals surface area contributed by atoms with E-state index in [0.29, 0.717) is 0 Å². The van der Waals surface area contributed by atoms with Crippen LogP contribution in [0.2, 0.25) is 0 Å². The minimum atomic E-state index is -1.73. The van der Waals surface area contributed by atoms with Gasteiger partial charge in [0.2, 0.25) is 0 Å². The van der Waals surface area contributed by atoms with E-state index in [-0.39, 0.29) is 0 Å². The molecule has 0 spiro atoms. The molecule has 0 bridgehead atoms. The molecule has 0 aliphatic carbocycles. The van der Waals surface area contributed by atoms with Gasteiger partial charge in [-0.25, -0.2) is 0 Å². The zero-order chi connectivity index (χ0) is 11.9. The fraction of sp³-hybridized carbons (Fsp3) is 0.143. The maximum absolute atomic E-state index is 5.13. The van der Waals surface area contributed by atoms with Crippen LogP contribution in [0.1, 0.15) is 0 Å². The van der Waals surface area contributed by atoms with E-state index in [0.717, 1.165) is 0 Å². The summed E-state index contributed by atoms with van der Waals surface area (Å²) in [5.41, 5.74) is -3.46. The Balaban J connectivity index is 5.44. The van der Waals surface area contributed by atoms with Gasteiger partial charge in [0.05, 0.1) is 0 Å². The van der Waals surface area contributed by atoms with Crippen LogP contribution in [0.3, 0.4) is 0 Å². The Bertz CT molecular complexity index is 374. The molecule has 15 heavy (non-hydrogen) atoms. The molecule has 1 nitrogen and oxygen atoms in total. The first-order chi connectivity index (χ1) is 7.07. The van der Waals surface area contributed by atoms with Crippen LogP contribution in [0.15, 0.2) is 0 Å². The van der Waals surface area contributed by atoms with Crippen LogP contribution in [0, 0.1) is 74.1 Å². The monoisotopic (exact) mass is 190 g/mol. The summed E-state index contributed by atoms with van der Waals surface area (Å²) in [5, 5.41) is 0. The van der Waals surface area contributed by atoms with Crippen molar-refractivity contribution >= 4 is 0 Å². The van der Waals surface area contributed by atoms with Gasteiger partial charge in [-0.2, -0.15) is 0 Å². The second-order valence-electron chi connectivity index (χ2n) is 2.33. The smallest absolute Gasteiger partial charge is 0.256 e. The molecule has 0 saturated carbocycles. The van der Waals surface area contributed by atoms with Gasteiger partial charge in [-0.15, -0.1) is 38.5 Å². The third-order valence-electron chi connectivity index (χ3n) is 1.53. The molecule has 0 aromatic rings. The number of hydrogen-bond acceptors (Lipinski definition) is 1. The molecule has 0 aromatic heterocycles. The summed E-state index contributed by atoms with van der Waals surface area (Å²) in [6.45, 7) is 0. The minimum absolute atomic E-state index is 1.73. The van der Waals surface area contributed by atoms with Crippen molar-refractivity contribution in [2.45, 2.75) is 11.2 Å². The van der Waals surface area contributed by atoms with Gasteiger partial charge in [-0.1, -0.05) is 0 Å². The summed E-state index contributed by atoms with van der Waals surface area (Å²) < 4.78 is 5.10. The van der Waals surface area contributed by atoms with E-state index in [9.17, 15) is 0 Å². The van der Waals surface area contributed by atoms with Crippen LogP contribution in [-0.4, -0.2) is 11.2 Å². The Morgan fingerprint density at radius 3 is 0.867 bits per heavy atom. The van der Waals surface area contributed by atoms with E-state index in [2.05, 4.69) is 35.5 Å². The number of ether oxygens (including phenoxy) is 1. The summed E-state index contributed by atoms with van der Waals surface area (Å²) in [5.74, 6) is 12.6. The van der Waals surface area contributed by atoms with Gasteiger partial charge in [0, 0.05) is 0 Å². The molecule has 1 heteroatoms. The van der Waals surface area contributed by atoms with E-state index in [1.165, 1.54) is 0 Å². The topological polar surface area (TPSA) is 9.23 Å². The molecule has 0 radical (unpaired) electrons. The van der Waals surface area contributed by atoms with E-state index < -0.39 is 11.2 Å². The maximum atomic E-state index is 5.13. The Hall–Kier alpha value is -2.68. The highest BCUT2D eigenvalue weighted by Crippen LogP contribution is 2.18. The zero-order valence-electron chi connectivity index (χ0n) is 7.87. The minimum Gasteiger partial charge on any atom is -0.299 e. The summed E-state index contributed by atoms with van der Waals surface area (Å²) >= 11 is 0. The van der Waals surface area contributed by atoms with E-state index >= 15 is 0 Å². The summed E-state index contributed by atoms with van der Waals surface area (Å²) in [7, 11) is 0. The van der Waals surface area contributed by atoms with Gasteiger partial charge in [-0.05, 0) is 35.5 Å². The van der Waals surface area contributed by atoms with Crippen LogP contribution >= 0.6 is 0 Å². The van der Waals surface area contributed by atoms with Crippen molar-refractivity contribution in [1.29, 1.82) is 0 Å². The second kappa shape index (κ2) is 4.53. The van der Waals surface area contributed by atoms with Crippen LogP contribution in [-0.2, 0) is 4.74 Å². The van der Waals surface area contributed by atoms with Crippen molar-refractivity contribution < 1.29 is 4.74 Å². The van der Waals surface area contributed by atoms with Gasteiger partial charge >= 0.3 is 0 Å². The molecule has 0 N–H and O–H groups in total. The Labute approximate surface area is 90.6 Å². The predicted molar refractivity (Wildman–Crippen MR) is 59.5 cm³/mol. The van der Waals surface area contributed by atoms with Crippen molar-refractivity contribution in [3.05, 3.63) is 0 Å². The third kappa shape index (κ3) is 2.16. The molecular formula is C14H6O. The average molecular weight is 190 g/mol. The fourth-order valence-corrected chi connectivity index (χ4v) is 0.656. The fourth-order valence-electron chi connectivity index (χ4n) is 0.656. The Morgan fingerprint density at radius 2 is 0.733 bits per heavy atom. The summed E-state index contributed by atoms with van der Waals surface area (Å²) in [4.78, 5) is 0. The molecule has 0 aromatic carbocycles. The molecule has 0 rings (SSSR count). The van der Waals surface area contributed by atoms with E-state index in [1.54, 1.807) is 0 Å². The lowest BCUT2D eigenvalue weighted by Gasteiger charge is -2.24. The lowest BCUT2D eigenvalue weighted by molar-refractivity contribution is 0.0343. The van der Waals surface area contributed by atoms with Gasteiger partial charge < -0.3 is 0 Å². The second-order valence-corrected chi connectivity index (χ2v) is 2.33. The first kappa shape index (κ1) is 12.3. The molecule has 0 aliphatic heterocycles. The highest BCUT2D eigenvalue weighted by molar-refractivity contribution is 5.45. The predicted octanol–water partition coefficient (Wildman–Crippen LogP) is 0.280. The van der Waals surface area contributed by atoms with Crippen molar-refractivity contribution in [3.8, 4) is 74.1 Å². The van der Waals surface area contributed by atoms with Gasteiger partial charge in [0.15, 0.2) is 0 Å². The molecule has 68 valence electrons. The highest BCUT2D eigenvalue weighted by atomic mass is 16.5. The summed E-state index contributed by atoms with van der Waals surface area (Å²) in [6, 6.07) is 0. The molecular weight excluding hydrogens is 184 g/mol. The zero-order valence-corrected chi connectivity index (χ0v) is 7.87. The first-order valence-corrected chi connectivity index (χ1v) is 3.64. The van der Waals surface area contributed by atoms with Gasteiger partial charge in [-0.3, -0.25) is 4.74 Å².